The van der Waals surface area contributed by atoms with Crippen LogP contribution < -0.4 is 10.6 Å². The number of rotatable bonds is 10. The third kappa shape index (κ3) is 6.66. The second-order valence-corrected chi connectivity index (χ2v) is 8.54. The van der Waals surface area contributed by atoms with Gasteiger partial charge in [0.25, 0.3) is 5.69 Å². The average molecular weight is 498 g/mol. The maximum Gasteiger partial charge on any atom is 0.269 e. The number of anilines is 1. The maximum absolute atomic E-state index is 12.9. The number of amides is 2. The Morgan fingerprint density at radius 1 is 0.973 bits per heavy atom. The molecule has 0 saturated heterocycles. The van der Waals surface area contributed by atoms with Crippen LogP contribution in [0, 0.1) is 10.1 Å². The van der Waals surface area contributed by atoms with Crippen molar-refractivity contribution < 1.29 is 14.5 Å². The van der Waals surface area contributed by atoms with Gasteiger partial charge in [0.05, 0.1) is 22.7 Å². The Bertz CT molecular complexity index is 1400. The zero-order chi connectivity index (χ0) is 26.2. The Labute approximate surface area is 214 Å². The van der Waals surface area contributed by atoms with Crippen LogP contribution in [0.25, 0.3) is 16.9 Å². The van der Waals surface area contributed by atoms with E-state index < -0.39 is 4.92 Å². The number of benzene rings is 3. The van der Waals surface area contributed by atoms with Crippen LogP contribution in [0.3, 0.4) is 0 Å². The van der Waals surface area contributed by atoms with Gasteiger partial charge < -0.3 is 10.6 Å². The monoisotopic (exact) mass is 497 g/mol. The van der Waals surface area contributed by atoms with Crippen LogP contribution in [0.4, 0.5) is 11.4 Å². The Morgan fingerprint density at radius 2 is 1.73 bits per heavy atom. The third-order valence-corrected chi connectivity index (χ3v) is 5.69. The summed E-state index contributed by atoms with van der Waals surface area (Å²) in [6.45, 7) is 2.25. The molecule has 0 fully saturated rings. The van der Waals surface area contributed by atoms with E-state index in [0.29, 0.717) is 35.5 Å². The van der Waals surface area contributed by atoms with Gasteiger partial charge in [-0.1, -0.05) is 37.3 Å². The van der Waals surface area contributed by atoms with E-state index in [4.69, 9.17) is 0 Å². The molecule has 1 heterocycles. The van der Waals surface area contributed by atoms with Crippen molar-refractivity contribution in [2.45, 2.75) is 32.7 Å². The minimum atomic E-state index is -0.453. The largest absolute Gasteiger partial charge is 0.352 e. The molecule has 9 nitrogen and oxygen atoms in total. The molecule has 0 radical (unpaired) electrons. The van der Waals surface area contributed by atoms with Gasteiger partial charge in [0.15, 0.2) is 0 Å². The van der Waals surface area contributed by atoms with Gasteiger partial charge in [-0.25, -0.2) is 4.68 Å². The zero-order valence-electron chi connectivity index (χ0n) is 20.4. The summed E-state index contributed by atoms with van der Waals surface area (Å²) in [4.78, 5) is 35.4. The van der Waals surface area contributed by atoms with E-state index in [1.165, 1.54) is 12.1 Å². The van der Waals surface area contributed by atoms with Crippen LogP contribution in [0.5, 0.6) is 0 Å². The van der Waals surface area contributed by atoms with Crippen molar-refractivity contribution in [3.8, 4) is 16.9 Å². The molecule has 0 aliphatic heterocycles. The summed E-state index contributed by atoms with van der Waals surface area (Å²) in [5.74, 6) is -0.242. The lowest BCUT2D eigenvalue weighted by atomic mass is 10.1. The number of carbonyl (C=O) groups excluding carboxylic acids is 2. The minimum absolute atomic E-state index is 0.0151. The number of hydrogen-bond donors (Lipinski definition) is 2. The first-order chi connectivity index (χ1) is 17.9. The van der Waals surface area contributed by atoms with Gasteiger partial charge in [-0.05, 0) is 48.4 Å². The molecule has 2 N–H and O–H groups in total. The fourth-order valence-electron chi connectivity index (χ4n) is 3.88. The quantitative estimate of drug-likeness (QED) is 0.235. The summed E-state index contributed by atoms with van der Waals surface area (Å²) in [6, 6.07) is 23.0. The van der Waals surface area contributed by atoms with Crippen molar-refractivity contribution in [3.05, 3.63) is 106 Å². The molecular formula is C28H27N5O4. The lowest BCUT2D eigenvalue weighted by molar-refractivity contribution is -0.384. The summed E-state index contributed by atoms with van der Waals surface area (Å²) >= 11 is 0. The number of aromatic nitrogens is 2. The number of nitro benzene ring substituents is 1. The zero-order valence-corrected chi connectivity index (χ0v) is 20.4. The van der Waals surface area contributed by atoms with E-state index in [1.807, 2.05) is 61.5 Å². The fourth-order valence-corrected chi connectivity index (χ4v) is 3.88. The summed E-state index contributed by atoms with van der Waals surface area (Å²) in [6.07, 6.45) is 3.10. The third-order valence-electron chi connectivity index (χ3n) is 5.69. The average Bonchev–Trinajstić information content (AvgIpc) is 3.32. The summed E-state index contributed by atoms with van der Waals surface area (Å²) in [7, 11) is 0. The van der Waals surface area contributed by atoms with E-state index in [-0.39, 0.29) is 23.9 Å². The SMILES string of the molecule is CCCC(=O)Nc1cccc(CNC(=O)Cc2cn(-c3ccccc3)nc2-c2ccc([N+](=O)[O-])cc2)c1. The summed E-state index contributed by atoms with van der Waals surface area (Å²) in [5.41, 5.74) is 4.31. The molecule has 4 aromatic rings. The van der Waals surface area contributed by atoms with Crippen LogP contribution in [0.15, 0.2) is 85.1 Å². The predicted octanol–water partition coefficient (Wildman–Crippen LogP) is 5.05. The first-order valence-electron chi connectivity index (χ1n) is 12.0. The van der Waals surface area contributed by atoms with E-state index in [0.717, 1.165) is 17.7 Å². The number of nitro groups is 1. The minimum Gasteiger partial charge on any atom is -0.352 e. The second kappa shape index (κ2) is 11.8. The van der Waals surface area contributed by atoms with Gasteiger partial charge >= 0.3 is 0 Å². The second-order valence-electron chi connectivity index (χ2n) is 8.54. The van der Waals surface area contributed by atoms with Crippen LogP contribution in [-0.4, -0.2) is 26.5 Å². The van der Waals surface area contributed by atoms with Gasteiger partial charge in [-0.2, -0.15) is 5.10 Å². The normalized spacial score (nSPS) is 10.6. The van der Waals surface area contributed by atoms with Crippen molar-refractivity contribution in [2.75, 3.05) is 5.32 Å². The smallest absolute Gasteiger partial charge is 0.269 e. The van der Waals surface area contributed by atoms with E-state index >= 15 is 0 Å². The Hall–Kier alpha value is -4.79. The first kappa shape index (κ1) is 25.3. The highest BCUT2D eigenvalue weighted by Gasteiger charge is 2.17. The highest BCUT2D eigenvalue weighted by Crippen LogP contribution is 2.26. The maximum atomic E-state index is 12.9. The van der Waals surface area contributed by atoms with Gasteiger partial charge in [0.2, 0.25) is 11.8 Å². The molecule has 0 spiro atoms. The van der Waals surface area contributed by atoms with Gasteiger partial charge in [-0.15, -0.1) is 0 Å². The predicted molar refractivity (Wildman–Crippen MR) is 141 cm³/mol. The Morgan fingerprint density at radius 3 is 2.43 bits per heavy atom. The molecule has 0 saturated carbocycles. The van der Waals surface area contributed by atoms with Crippen molar-refractivity contribution in [2.24, 2.45) is 0 Å². The molecule has 0 atom stereocenters. The lowest BCUT2D eigenvalue weighted by Gasteiger charge is -2.09. The number of nitrogens with one attached hydrogen (secondary N) is 2. The number of nitrogens with zero attached hydrogens (tertiary/aromatic N) is 3. The highest BCUT2D eigenvalue weighted by molar-refractivity contribution is 5.90. The van der Waals surface area contributed by atoms with Crippen molar-refractivity contribution >= 4 is 23.2 Å². The fraction of sp³-hybridized carbons (Fsp3) is 0.179. The van der Waals surface area contributed by atoms with Crippen LogP contribution >= 0.6 is 0 Å². The Kier molecular flexibility index (Phi) is 8.05. The number of carbonyl (C=O) groups is 2. The molecule has 0 aliphatic rings. The van der Waals surface area contributed by atoms with Crippen LogP contribution in [0.1, 0.15) is 30.9 Å². The molecular weight excluding hydrogens is 470 g/mol. The van der Waals surface area contributed by atoms with Crippen molar-refractivity contribution in [3.63, 3.8) is 0 Å². The molecule has 0 bridgehead atoms. The summed E-state index contributed by atoms with van der Waals surface area (Å²) in [5, 5.41) is 21.5. The number of non-ortho nitro benzene ring substituents is 1. The molecule has 4 rings (SSSR count). The highest BCUT2D eigenvalue weighted by atomic mass is 16.6. The Balaban J connectivity index is 1.50. The molecule has 37 heavy (non-hydrogen) atoms. The molecule has 188 valence electrons. The molecule has 2 amide bonds. The van der Waals surface area contributed by atoms with Crippen molar-refractivity contribution in [1.29, 1.82) is 0 Å². The van der Waals surface area contributed by atoms with E-state index in [2.05, 4.69) is 15.7 Å². The van der Waals surface area contributed by atoms with Crippen LogP contribution in [0.2, 0.25) is 0 Å². The number of para-hydroxylation sites is 1. The van der Waals surface area contributed by atoms with Crippen molar-refractivity contribution in [1.82, 2.24) is 15.1 Å². The lowest BCUT2D eigenvalue weighted by Crippen LogP contribution is -2.24. The molecule has 9 heteroatoms. The molecule has 0 aliphatic carbocycles. The van der Waals surface area contributed by atoms with Gasteiger partial charge in [0.1, 0.15) is 0 Å². The molecule has 1 aromatic heterocycles. The van der Waals surface area contributed by atoms with Gasteiger partial charge in [-0.3, -0.25) is 19.7 Å². The number of hydrogen-bond acceptors (Lipinski definition) is 5. The van der Waals surface area contributed by atoms with E-state index in [1.54, 1.807) is 23.0 Å². The first-order valence-corrected chi connectivity index (χ1v) is 12.0. The van der Waals surface area contributed by atoms with Crippen LogP contribution in [-0.2, 0) is 22.6 Å². The molecule has 0 unspecified atom stereocenters. The van der Waals surface area contributed by atoms with E-state index in [9.17, 15) is 19.7 Å². The molecule has 3 aromatic carbocycles. The standard InChI is InChI=1S/C28H27N5O4/c1-2-7-26(34)30-23-9-6-8-20(16-23)18-29-27(35)17-22-19-32(24-10-4-3-5-11-24)31-28(22)21-12-14-25(15-13-21)33(36)37/h3-6,8-16,19H,2,7,17-18H2,1H3,(H,29,35)(H,30,34). The topological polar surface area (TPSA) is 119 Å². The summed E-state index contributed by atoms with van der Waals surface area (Å²) < 4.78 is 1.70. The van der Waals surface area contributed by atoms with Gasteiger partial charge in [0, 0.05) is 48.1 Å².